The Morgan fingerprint density at radius 1 is 1.21 bits per heavy atom. The Morgan fingerprint density at radius 2 is 1.97 bits per heavy atom. The van der Waals surface area contributed by atoms with Crippen LogP contribution in [-0.2, 0) is 22.5 Å². The molecule has 0 spiro atoms. The molecular formula is C21H18FN3O4. The predicted octanol–water partition coefficient (Wildman–Crippen LogP) is 2.67. The first kappa shape index (κ1) is 18.8. The molecule has 1 aromatic heterocycles. The number of nitrogens with zero attached hydrogens (tertiary/aromatic N) is 2. The van der Waals surface area contributed by atoms with E-state index in [1.165, 1.54) is 43.3 Å². The molecule has 29 heavy (non-hydrogen) atoms. The number of anilines is 1. The zero-order valence-electron chi connectivity index (χ0n) is 15.6. The van der Waals surface area contributed by atoms with E-state index >= 15 is 0 Å². The Balaban J connectivity index is 1.49. The lowest BCUT2D eigenvalue weighted by Crippen LogP contribution is -2.30. The second kappa shape index (κ2) is 7.46. The van der Waals surface area contributed by atoms with Crippen LogP contribution in [0.5, 0.6) is 0 Å². The van der Waals surface area contributed by atoms with Gasteiger partial charge in [0.25, 0.3) is 11.5 Å². The van der Waals surface area contributed by atoms with Gasteiger partial charge in [-0.3, -0.25) is 14.2 Å². The third-order valence-corrected chi connectivity index (χ3v) is 4.82. The van der Waals surface area contributed by atoms with Gasteiger partial charge in [0.05, 0.1) is 16.5 Å². The van der Waals surface area contributed by atoms with Gasteiger partial charge in [0.15, 0.2) is 6.10 Å². The summed E-state index contributed by atoms with van der Waals surface area (Å²) in [4.78, 5) is 41.6. The monoisotopic (exact) mass is 395 g/mol. The SMILES string of the molecule is C[C@H](OC(=O)c1ccc2c(=O)n3c(nc2c1)CCC3)C(=O)Nc1ccc(F)cc1. The van der Waals surface area contributed by atoms with E-state index in [1.807, 2.05) is 0 Å². The molecule has 1 N–H and O–H groups in total. The fourth-order valence-corrected chi connectivity index (χ4v) is 3.27. The average molecular weight is 395 g/mol. The summed E-state index contributed by atoms with van der Waals surface area (Å²) in [6, 6.07) is 9.79. The number of aromatic nitrogens is 2. The minimum absolute atomic E-state index is 0.116. The van der Waals surface area contributed by atoms with Gasteiger partial charge < -0.3 is 10.1 Å². The van der Waals surface area contributed by atoms with E-state index in [2.05, 4.69) is 10.3 Å². The molecule has 0 unspecified atom stereocenters. The second-order valence-corrected chi connectivity index (χ2v) is 6.86. The molecule has 1 amide bonds. The number of aryl methyl sites for hydroxylation is 1. The molecule has 8 heteroatoms. The molecule has 0 radical (unpaired) electrons. The molecule has 7 nitrogen and oxygen atoms in total. The number of halogens is 1. The molecule has 1 aliphatic rings. The summed E-state index contributed by atoms with van der Waals surface area (Å²) in [6.07, 6.45) is 0.524. The van der Waals surface area contributed by atoms with Gasteiger partial charge in [0, 0.05) is 18.7 Å². The Labute approximate surface area is 165 Å². The van der Waals surface area contributed by atoms with Crippen LogP contribution >= 0.6 is 0 Å². The van der Waals surface area contributed by atoms with Gasteiger partial charge >= 0.3 is 5.97 Å². The number of hydrogen-bond acceptors (Lipinski definition) is 5. The largest absolute Gasteiger partial charge is 0.449 e. The van der Waals surface area contributed by atoms with Crippen molar-refractivity contribution in [1.82, 2.24) is 9.55 Å². The maximum atomic E-state index is 12.9. The molecule has 0 aliphatic carbocycles. The van der Waals surface area contributed by atoms with E-state index in [0.717, 1.165) is 12.8 Å². The van der Waals surface area contributed by atoms with E-state index in [-0.39, 0.29) is 11.1 Å². The minimum atomic E-state index is -1.07. The van der Waals surface area contributed by atoms with Gasteiger partial charge in [-0.15, -0.1) is 0 Å². The Hall–Kier alpha value is -3.55. The van der Waals surface area contributed by atoms with E-state index in [4.69, 9.17) is 4.74 Å². The number of fused-ring (bicyclic) bond motifs is 2. The van der Waals surface area contributed by atoms with Crippen molar-refractivity contribution in [2.45, 2.75) is 32.4 Å². The molecule has 1 atom stereocenters. The lowest BCUT2D eigenvalue weighted by molar-refractivity contribution is -0.123. The maximum Gasteiger partial charge on any atom is 0.338 e. The first-order valence-electron chi connectivity index (χ1n) is 9.23. The third-order valence-electron chi connectivity index (χ3n) is 4.82. The summed E-state index contributed by atoms with van der Waals surface area (Å²) in [7, 11) is 0. The topological polar surface area (TPSA) is 90.3 Å². The third kappa shape index (κ3) is 3.73. The first-order chi connectivity index (χ1) is 13.9. The standard InChI is InChI=1S/C21H18FN3O4/c1-12(19(26)23-15-7-5-14(22)6-8-15)29-21(28)13-4-9-16-17(11-13)24-18-3-2-10-25(18)20(16)27/h4-9,11-12H,2-3,10H2,1H3,(H,23,26)/t12-/m0/s1. The zero-order valence-corrected chi connectivity index (χ0v) is 15.6. The van der Waals surface area contributed by atoms with Crippen LogP contribution in [-0.4, -0.2) is 27.5 Å². The van der Waals surface area contributed by atoms with E-state index in [1.54, 1.807) is 10.6 Å². The predicted molar refractivity (Wildman–Crippen MR) is 104 cm³/mol. The van der Waals surface area contributed by atoms with E-state index in [9.17, 15) is 18.8 Å². The van der Waals surface area contributed by atoms with Gasteiger partial charge in [-0.1, -0.05) is 0 Å². The molecule has 2 aromatic carbocycles. The van der Waals surface area contributed by atoms with Crippen LogP contribution in [0.1, 0.15) is 29.5 Å². The van der Waals surface area contributed by atoms with E-state index in [0.29, 0.717) is 29.0 Å². The van der Waals surface area contributed by atoms with Crippen molar-refractivity contribution in [3.63, 3.8) is 0 Å². The van der Waals surface area contributed by atoms with Crippen molar-refractivity contribution < 1.29 is 18.7 Å². The van der Waals surface area contributed by atoms with Gasteiger partial charge in [-0.2, -0.15) is 0 Å². The smallest absolute Gasteiger partial charge is 0.338 e. The number of nitrogens with one attached hydrogen (secondary N) is 1. The number of amides is 1. The van der Waals surface area contributed by atoms with Crippen molar-refractivity contribution in [2.24, 2.45) is 0 Å². The van der Waals surface area contributed by atoms with Crippen molar-refractivity contribution >= 4 is 28.5 Å². The van der Waals surface area contributed by atoms with Gasteiger partial charge in [-0.25, -0.2) is 14.2 Å². The quantitative estimate of drug-likeness (QED) is 0.686. The molecule has 2 heterocycles. The van der Waals surface area contributed by atoms with Crippen LogP contribution < -0.4 is 10.9 Å². The molecular weight excluding hydrogens is 377 g/mol. The average Bonchev–Trinajstić information content (AvgIpc) is 3.18. The normalized spacial score (nSPS) is 13.7. The first-order valence-corrected chi connectivity index (χ1v) is 9.23. The number of carbonyl (C=O) groups is 2. The summed E-state index contributed by atoms with van der Waals surface area (Å²) >= 11 is 0. The van der Waals surface area contributed by atoms with E-state index < -0.39 is 23.8 Å². The van der Waals surface area contributed by atoms with Crippen LogP contribution in [0, 0.1) is 5.82 Å². The minimum Gasteiger partial charge on any atom is -0.449 e. The van der Waals surface area contributed by atoms with Crippen LogP contribution in [0.4, 0.5) is 10.1 Å². The van der Waals surface area contributed by atoms with Crippen molar-refractivity contribution in [2.75, 3.05) is 5.32 Å². The molecule has 3 aromatic rings. The highest BCUT2D eigenvalue weighted by Crippen LogP contribution is 2.17. The highest BCUT2D eigenvalue weighted by molar-refractivity contribution is 5.98. The van der Waals surface area contributed by atoms with Crippen molar-refractivity contribution in [3.8, 4) is 0 Å². The Morgan fingerprint density at radius 3 is 2.72 bits per heavy atom. The lowest BCUT2D eigenvalue weighted by atomic mass is 10.1. The van der Waals surface area contributed by atoms with Gasteiger partial charge in [0.1, 0.15) is 11.6 Å². The lowest BCUT2D eigenvalue weighted by Gasteiger charge is -2.14. The Bertz CT molecular complexity index is 1170. The van der Waals surface area contributed by atoms with Crippen LogP contribution in [0.3, 0.4) is 0 Å². The summed E-state index contributed by atoms with van der Waals surface area (Å²) in [5.41, 5.74) is 0.910. The molecule has 148 valence electrons. The summed E-state index contributed by atoms with van der Waals surface area (Å²) in [6.45, 7) is 2.09. The Kier molecular flexibility index (Phi) is 4.84. The second-order valence-electron chi connectivity index (χ2n) is 6.86. The van der Waals surface area contributed by atoms with Crippen LogP contribution in [0.15, 0.2) is 47.3 Å². The number of rotatable bonds is 4. The molecule has 0 fully saturated rings. The van der Waals surface area contributed by atoms with Crippen LogP contribution in [0.2, 0.25) is 0 Å². The molecule has 1 aliphatic heterocycles. The number of esters is 1. The fraction of sp³-hybridized carbons (Fsp3) is 0.238. The number of hydrogen-bond donors (Lipinski definition) is 1. The number of benzene rings is 2. The molecule has 4 rings (SSSR count). The summed E-state index contributed by atoms with van der Waals surface area (Å²) in [5, 5.41) is 2.99. The van der Waals surface area contributed by atoms with Crippen molar-refractivity contribution in [3.05, 3.63) is 70.0 Å². The van der Waals surface area contributed by atoms with Crippen LogP contribution in [0.25, 0.3) is 10.9 Å². The maximum absolute atomic E-state index is 12.9. The molecule has 0 saturated carbocycles. The summed E-state index contributed by atoms with van der Waals surface area (Å²) in [5.74, 6) is -0.950. The molecule has 0 bridgehead atoms. The van der Waals surface area contributed by atoms with Gasteiger partial charge in [-0.05, 0) is 55.8 Å². The van der Waals surface area contributed by atoms with Gasteiger partial charge in [0.2, 0.25) is 0 Å². The number of ether oxygens (including phenoxy) is 1. The summed E-state index contributed by atoms with van der Waals surface area (Å²) < 4.78 is 19.8. The number of carbonyl (C=O) groups excluding carboxylic acids is 2. The van der Waals surface area contributed by atoms with Crippen molar-refractivity contribution in [1.29, 1.82) is 0 Å². The fourth-order valence-electron chi connectivity index (χ4n) is 3.27. The molecule has 0 saturated heterocycles. The highest BCUT2D eigenvalue weighted by Gasteiger charge is 2.21. The zero-order chi connectivity index (χ0) is 20.5. The highest BCUT2D eigenvalue weighted by atomic mass is 19.1.